The average Bonchev–Trinajstić information content (AvgIpc) is 2.29. The van der Waals surface area contributed by atoms with E-state index >= 15 is 0 Å². The van der Waals surface area contributed by atoms with Crippen LogP contribution in [0.4, 0.5) is 5.69 Å². The molecule has 78 valence electrons. The Labute approximate surface area is 89.1 Å². The van der Waals surface area contributed by atoms with Gasteiger partial charge in [0, 0.05) is 25.0 Å². The van der Waals surface area contributed by atoms with Gasteiger partial charge in [0.05, 0.1) is 12.7 Å². The van der Waals surface area contributed by atoms with Crippen LogP contribution in [-0.2, 0) is 4.74 Å². The summed E-state index contributed by atoms with van der Waals surface area (Å²) >= 11 is 0. The number of ether oxygens (including phenoxy) is 1. The van der Waals surface area contributed by atoms with Crippen LogP contribution in [0.15, 0.2) is 18.3 Å². The normalized spacial score (nSPS) is 21.1. The van der Waals surface area contributed by atoms with E-state index in [9.17, 15) is 0 Å². The second-order valence-electron chi connectivity index (χ2n) is 3.64. The highest BCUT2D eigenvalue weighted by Gasteiger charge is 2.17. The Balaban J connectivity index is 2.18. The van der Waals surface area contributed by atoms with Gasteiger partial charge in [0.15, 0.2) is 0 Å². The minimum atomic E-state index is 0.248. The summed E-state index contributed by atoms with van der Waals surface area (Å²) in [4.78, 5) is 6.17. The summed E-state index contributed by atoms with van der Waals surface area (Å²) in [6.45, 7) is 4.54. The van der Waals surface area contributed by atoms with Crippen molar-refractivity contribution in [2.45, 2.75) is 13.0 Å². The van der Waals surface area contributed by atoms with Crippen molar-refractivity contribution in [3.05, 3.63) is 24.0 Å². The third-order valence-corrected chi connectivity index (χ3v) is 2.46. The van der Waals surface area contributed by atoms with Crippen molar-refractivity contribution in [1.29, 1.82) is 5.26 Å². The first-order chi connectivity index (χ1) is 7.29. The van der Waals surface area contributed by atoms with E-state index in [1.807, 2.05) is 18.2 Å². The predicted octanol–water partition coefficient (Wildman–Crippen LogP) is 1.18. The summed E-state index contributed by atoms with van der Waals surface area (Å²) in [5, 5.41) is 8.76. The van der Waals surface area contributed by atoms with Crippen molar-refractivity contribution in [2.24, 2.45) is 0 Å². The molecule has 4 nitrogen and oxygen atoms in total. The van der Waals surface area contributed by atoms with Gasteiger partial charge in [-0.2, -0.15) is 5.26 Å². The maximum Gasteiger partial charge on any atom is 0.142 e. The third kappa shape index (κ3) is 2.25. The summed E-state index contributed by atoms with van der Waals surface area (Å²) in [5.41, 5.74) is 1.52. The van der Waals surface area contributed by atoms with Crippen molar-refractivity contribution in [3.63, 3.8) is 0 Å². The standard InChI is InChI=1S/C11H13N3O/c1-9-8-14(4-5-15-9)11-2-3-13-10(6-11)7-12/h2-3,6,9H,4-5,8H2,1H3. The molecule has 1 atom stereocenters. The second kappa shape index (κ2) is 4.28. The van der Waals surface area contributed by atoms with Crippen LogP contribution in [0.1, 0.15) is 12.6 Å². The maximum absolute atomic E-state index is 8.76. The fourth-order valence-corrected chi connectivity index (χ4v) is 1.73. The molecule has 1 aromatic heterocycles. The predicted molar refractivity (Wildman–Crippen MR) is 56.6 cm³/mol. The molecule has 1 fully saturated rings. The third-order valence-electron chi connectivity index (χ3n) is 2.46. The van der Waals surface area contributed by atoms with Gasteiger partial charge >= 0.3 is 0 Å². The van der Waals surface area contributed by atoms with E-state index in [-0.39, 0.29) is 6.10 Å². The maximum atomic E-state index is 8.76. The molecule has 0 aromatic carbocycles. The molecule has 4 heteroatoms. The topological polar surface area (TPSA) is 49.2 Å². The minimum Gasteiger partial charge on any atom is -0.375 e. The van der Waals surface area contributed by atoms with E-state index in [4.69, 9.17) is 10.00 Å². The Morgan fingerprint density at radius 3 is 3.27 bits per heavy atom. The highest BCUT2D eigenvalue weighted by Crippen LogP contribution is 2.17. The molecule has 2 rings (SSSR count). The van der Waals surface area contributed by atoms with Crippen molar-refractivity contribution in [1.82, 2.24) is 4.98 Å². The number of nitriles is 1. The average molecular weight is 203 g/mol. The minimum absolute atomic E-state index is 0.248. The lowest BCUT2D eigenvalue weighted by molar-refractivity contribution is 0.0532. The Morgan fingerprint density at radius 2 is 2.53 bits per heavy atom. The number of aromatic nitrogens is 1. The number of hydrogen-bond acceptors (Lipinski definition) is 4. The fourth-order valence-electron chi connectivity index (χ4n) is 1.73. The van der Waals surface area contributed by atoms with E-state index in [0.29, 0.717) is 5.69 Å². The lowest BCUT2D eigenvalue weighted by Gasteiger charge is -2.32. The van der Waals surface area contributed by atoms with Crippen LogP contribution in [-0.4, -0.2) is 30.8 Å². The molecule has 0 saturated carbocycles. The monoisotopic (exact) mass is 203 g/mol. The van der Waals surface area contributed by atoms with Gasteiger partial charge in [0.1, 0.15) is 11.8 Å². The number of rotatable bonds is 1. The second-order valence-corrected chi connectivity index (χ2v) is 3.64. The molecule has 0 bridgehead atoms. The van der Waals surface area contributed by atoms with Gasteiger partial charge in [-0.25, -0.2) is 4.98 Å². The molecule has 1 saturated heterocycles. The van der Waals surface area contributed by atoms with Crippen LogP contribution in [0.3, 0.4) is 0 Å². The summed E-state index contributed by atoms with van der Waals surface area (Å²) in [5.74, 6) is 0. The van der Waals surface area contributed by atoms with E-state index in [2.05, 4.69) is 16.8 Å². The van der Waals surface area contributed by atoms with Crippen molar-refractivity contribution >= 4 is 5.69 Å². The van der Waals surface area contributed by atoms with Gasteiger partial charge in [-0.05, 0) is 19.1 Å². The van der Waals surface area contributed by atoms with Crippen LogP contribution in [0.2, 0.25) is 0 Å². The SMILES string of the molecule is CC1CN(c2ccnc(C#N)c2)CCO1. The molecule has 2 heterocycles. The largest absolute Gasteiger partial charge is 0.375 e. The molecule has 1 aliphatic heterocycles. The van der Waals surface area contributed by atoms with E-state index < -0.39 is 0 Å². The van der Waals surface area contributed by atoms with Crippen LogP contribution in [0.25, 0.3) is 0 Å². The quantitative estimate of drug-likeness (QED) is 0.687. The first-order valence-corrected chi connectivity index (χ1v) is 5.02. The highest BCUT2D eigenvalue weighted by atomic mass is 16.5. The Hall–Kier alpha value is -1.60. The van der Waals surface area contributed by atoms with E-state index in [0.717, 1.165) is 25.4 Å². The molecular weight excluding hydrogens is 190 g/mol. The van der Waals surface area contributed by atoms with Crippen molar-refractivity contribution < 1.29 is 4.74 Å². The van der Waals surface area contributed by atoms with Crippen molar-refractivity contribution in [2.75, 3.05) is 24.6 Å². The molecular formula is C11H13N3O. The molecule has 1 aliphatic rings. The molecule has 0 amide bonds. The first kappa shape index (κ1) is 9.94. The molecule has 15 heavy (non-hydrogen) atoms. The van der Waals surface area contributed by atoms with E-state index in [1.165, 1.54) is 0 Å². The number of hydrogen-bond donors (Lipinski definition) is 0. The zero-order chi connectivity index (χ0) is 10.7. The summed E-state index contributed by atoms with van der Waals surface area (Å²) < 4.78 is 5.46. The molecule has 0 N–H and O–H groups in total. The van der Waals surface area contributed by atoms with Gasteiger partial charge in [0.25, 0.3) is 0 Å². The van der Waals surface area contributed by atoms with Crippen LogP contribution >= 0.6 is 0 Å². The molecule has 1 aromatic rings. The lowest BCUT2D eigenvalue weighted by Crippen LogP contribution is -2.41. The Morgan fingerprint density at radius 1 is 1.67 bits per heavy atom. The van der Waals surface area contributed by atoms with Gasteiger partial charge in [-0.3, -0.25) is 0 Å². The Bertz CT molecular complexity index is 386. The number of pyridine rings is 1. The summed E-state index contributed by atoms with van der Waals surface area (Å²) in [6, 6.07) is 5.80. The number of anilines is 1. The molecule has 0 radical (unpaired) electrons. The fraction of sp³-hybridized carbons (Fsp3) is 0.455. The summed E-state index contributed by atoms with van der Waals surface area (Å²) in [6.07, 6.45) is 1.92. The van der Waals surface area contributed by atoms with Gasteiger partial charge < -0.3 is 9.64 Å². The number of nitrogens with zero attached hydrogens (tertiary/aromatic N) is 3. The molecule has 0 aliphatic carbocycles. The van der Waals surface area contributed by atoms with Gasteiger partial charge in [0.2, 0.25) is 0 Å². The highest BCUT2D eigenvalue weighted by molar-refractivity contribution is 5.49. The zero-order valence-electron chi connectivity index (χ0n) is 8.68. The Kier molecular flexibility index (Phi) is 2.84. The lowest BCUT2D eigenvalue weighted by atomic mass is 10.2. The smallest absolute Gasteiger partial charge is 0.142 e. The molecule has 0 spiro atoms. The number of morpholine rings is 1. The van der Waals surface area contributed by atoms with Crippen molar-refractivity contribution in [3.8, 4) is 6.07 Å². The van der Waals surface area contributed by atoms with Crippen LogP contribution in [0, 0.1) is 11.3 Å². The van der Waals surface area contributed by atoms with Gasteiger partial charge in [-0.15, -0.1) is 0 Å². The summed E-state index contributed by atoms with van der Waals surface area (Å²) in [7, 11) is 0. The first-order valence-electron chi connectivity index (χ1n) is 5.02. The van der Waals surface area contributed by atoms with Crippen LogP contribution < -0.4 is 4.90 Å². The van der Waals surface area contributed by atoms with E-state index in [1.54, 1.807) is 6.20 Å². The van der Waals surface area contributed by atoms with Crippen LogP contribution in [0.5, 0.6) is 0 Å². The zero-order valence-corrected chi connectivity index (χ0v) is 8.68. The molecule has 1 unspecified atom stereocenters. The van der Waals surface area contributed by atoms with Gasteiger partial charge in [-0.1, -0.05) is 0 Å².